The molecule has 0 aliphatic carbocycles. The van der Waals surface area contributed by atoms with Crippen LogP contribution in [0.3, 0.4) is 0 Å². The van der Waals surface area contributed by atoms with Crippen LogP contribution in [-0.2, 0) is 6.54 Å². The molecule has 2 atom stereocenters. The van der Waals surface area contributed by atoms with Crippen molar-refractivity contribution in [3.05, 3.63) is 30.2 Å². The second kappa shape index (κ2) is 5.81. The maximum Gasteiger partial charge on any atom is 0.202 e. The van der Waals surface area contributed by atoms with E-state index in [1.807, 2.05) is 18.2 Å². The van der Waals surface area contributed by atoms with Gasteiger partial charge in [0, 0.05) is 19.2 Å². The topological polar surface area (TPSA) is 68.4 Å². The Hall–Kier alpha value is -1.59. The van der Waals surface area contributed by atoms with E-state index in [1.165, 1.54) is 6.42 Å². The Kier molecular flexibility index (Phi) is 3.89. The summed E-state index contributed by atoms with van der Waals surface area (Å²) in [6.45, 7) is 6.00. The van der Waals surface area contributed by atoms with E-state index in [0.29, 0.717) is 17.6 Å². The quantitative estimate of drug-likeness (QED) is 0.927. The van der Waals surface area contributed by atoms with Crippen LogP contribution in [0.25, 0.3) is 11.5 Å². The fourth-order valence-electron chi connectivity index (χ4n) is 2.83. The molecule has 3 rings (SSSR count). The molecule has 2 aromatic heterocycles. The van der Waals surface area contributed by atoms with Gasteiger partial charge in [0.25, 0.3) is 0 Å². The standard InChI is InChI=1S/C15H21N3O2/c1-11-4-5-18(9-12(11)8-16)10-13-7-15(20-17-13)14-3-2-6-19-14/h2-3,6-7,11-12H,4-5,8-10,16H2,1H3. The van der Waals surface area contributed by atoms with E-state index in [2.05, 4.69) is 17.0 Å². The summed E-state index contributed by atoms with van der Waals surface area (Å²) < 4.78 is 10.6. The lowest BCUT2D eigenvalue weighted by Crippen LogP contribution is -2.42. The van der Waals surface area contributed by atoms with Gasteiger partial charge in [0.15, 0.2) is 5.76 Å². The predicted octanol–water partition coefficient (Wildman–Crippen LogP) is 2.35. The Labute approximate surface area is 118 Å². The van der Waals surface area contributed by atoms with Crippen molar-refractivity contribution in [1.82, 2.24) is 10.1 Å². The molecule has 0 radical (unpaired) electrons. The molecule has 0 bridgehead atoms. The van der Waals surface area contributed by atoms with E-state index in [1.54, 1.807) is 6.26 Å². The average Bonchev–Trinajstić information content (AvgIpc) is 3.11. The maximum absolute atomic E-state index is 5.84. The van der Waals surface area contributed by atoms with Crippen molar-refractivity contribution in [1.29, 1.82) is 0 Å². The Balaban J connectivity index is 1.64. The molecule has 1 fully saturated rings. The second-order valence-corrected chi connectivity index (χ2v) is 5.66. The third-order valence-corrected chi connectivity index (χ3v) is 4.21. The molecule has 0 spiro atoms. The number of likely N-dealkylation sites (tertiary alicyclic amines) is 1. The summed E-state index contributed by atoms with van der Waals surface area (Å²) in [5.74, 6) is 2.70. The lowest BCUT2D eigenvalue weighted by molar-refractivity contribution is 0.124. The van der Waals surface area contributed by atoms with E-state index in [-0.39, 0.29) is 0 Å². The molecular formula is C15H21N3O2. The van der Waals surface area contributed by atoms with Crippen molar-refractivity contribution in [2.24, 2.45) is 17.6 Å². The Morgan fingerprint density at radius 1 is 1.45 bits per heavy atom. The highest BCUT2D eigenvalue weighted by Crippen LogP contribution is 2.25. The zero-order valence-corrected chi connectivity index (χ0v) is 11.8. The van der Waals surface area contributed by atoms with Gasteiger partial charge in [-0.2, -0.15) is 0 Å². The summed E-state index contributed by atoms with van der Waals surface area (Å²) in [6.07, 6.45) is 2.83. The molecule has 108 valence electrons. The van der Waals surface area contributed by atoms with E-state index < -0.39 is 0 Å². The van der Waals surface area contributed by atoms with Gasteiger partial charge < -0.3 is 14.7 Å². The third-order valence-electron chi connectivity index (χ3n) is 4.21. The summed E-state index contributed by atoms with van der Waals surface area (Å²) in [5, 5.41) is 4.13. The van der Waals surface area contributed by atoms with Crippen molar-refractivity contribution >= 4 is 0 Å². The van der Waals surface area contributed by atoms with Gasteiger partial charge in [-0.1, -0.05) is 12.1 Å². The molecule has 5 heteroatoms. The SMILES string of the molecule is CC1CCN(Cc2cc(-c3ccco3)on2)CC1CN. The number of hydrogen-bond donors (Lipinski definition) is 1. The van der Waals surface area contributed by atoms with Crippen LogP contribution < -0.4 is 5.73 Å². The van der Waals surface area contributed by atoms with Crippen molar-refractivity contribution in [2.45, 2.75) is 19.9 Å². The van der Waals surface area contributed by atoms with Crippen molar-refractivity contribution in [2.75, 3.05) is 19.6 Å². The van der Waals surface area contributed by atoms with Gasteiger partial charge >= 0.3 is 0 Å². The first-order valence-corrected chi connectivity index (χ1v) is 7.18. The summed E-state index contributed by atoms with van der Waals surface area (Å²) in [5.41, 5.74) is 6.79. The fourth-order valence-corrected chi connectivity index (χ4v) is 2.83. The highest BCUT2D eigenvalue weighted by molar-refractivity contribution is 5.49. The van der Waals surface area contributed by atoms with Crippen LogP contribution in [-0.4, -0.2) is 29.7 Å². The molecule has 2 aromatic rings. The van der Waals surface area contributed by atoms with Crippen molar-refractivity contribution < 1.29 is 8.94 Å². The summed E-state index contributed by atoms with van der Waals surface area (Å²) in [6, 6.07) is 5.67. The first-order valence-electron chi connectivity index (χ1n) is 7.18. The predicted molar refractivity (Wildman–Crippen MR) is 75.8 cm³/mol. The molecular weight excluding hydrogens is 254 g/mol. The molecule has 2 N–H and O–H groups in total. The first kappa shape index (κ1) is 13.4. The number of furan rings is 1. The normalized spacial score (nSPS) is 24.1. The number of piperidine rings is 1. The van der Waals surface area contributed by atoms with E-state index in [4.69, 9.17) is 14.7 Å². The van der Waals surface area contributed by atoms with Crippen LogP contribution in [0.5, 0.6) is 0 Å². The lowest BCUT2D eigenvalue weighted by atomic mass is 9.87. The zero-order valence-electron chi connectivity index (χ0n) is 11.8. The average molecular weight is 275 g/mol. The molecule has 1 aliphatic heterocycles. The van der Waals surface area contributed by atoms with Gasteiger partial charge in [0.05, 0.1) is 12.0 Å². The van der Waals surface area contributed by atoms with Gasteiger partial charge in [-0.3, -0.25) is 4.90 Å². The van der Waals surface area contributed by atoms with Crippen molar-refractivity contribution in [3.8, 4) is 11.5 Å². The maximum atomic E-state index is 5.84. The molecule has 0 saturated carbocycles. The Morgan fingerprint density at radius 2 is 2.35 bits per heavy atom. The summed E-state index contributed by atoms with van der Waals surface area (Å²) >= 11 is 0. The molecule has 20 heavy (non-hydrogen) atoms. The Morgan fingerprint density at radius 3 is 3.10 bits per heavy atom. The molecule has 1 aliphatic rings. The smallest absolute Gasteiger partial charge is 0.202 e. The van der Waals surface area contributed by atoms with E-state index in [9.17, 15) is 0 Å². The highest BCUT2D eigenvalue weighted by Gasteiger charge is 2.25. The molecule has 3 heterocycles. The third kappa shape index (κ3) is 2.78. The van der Waals surface area contributed by atoms with Crippen LogP contribution in [0.1, 0.15) is 19.0 Å². The van der Waals surface area contributed by atoms with E-state index in [0.717, 1.165) is 37.6 Å². The number of hydrogen-bond acceptors (Lipinski definition) is 5. The van der Waals surface area contributed by atoms with E-state index >= 15 is 0 Å². The fraction of sp³-hybridized carbons (Fsp3) is 0.533. The monoisotopic (exact) mass is 275 g/mol. The number of aromatic nitrogens is 1. The van der Waals surface area contributed by atoms with Gasteiger partial charge in [0.2, 0.25) is 5.76 Å². The van der Waals surface area contributed by atoms with Crippen LogP contribution in [0.2, 0.25) is 0 Å². The van der Waals surface area contributed by atoms with Gasteiger partial charge in [-0.25, -0.2) is 0 Å². The second-order valence-electron chi connectivity index (χ2n) is 5.66. The minimum atomic E-state index is 0.584. The number of nitrogens with two attached hydrogens (primary N) is 1. The van der Waals surface area contributed by atoms with Crippen LogP contribution >= 0.6 is 0 Å². The molecule has 5 nitrogen and oxygen atoms in total. The van der Waals surface area contributed by atoms with Crippen LogP contribution in [0.15, 0.2) is 33.4 Å². The highest BCUT2D eigenvalue weighted by atomic mass is 16.5. The molecule has 1 saturated heterocycles. The molecule has 0 aromatic carbocycles. The first-order chi connectivity index (χ1) is 9.76. The minimum Gasteiger partial charge on any atom is -0.461 e. The summed E-state index contributed by atoms with van der Waals surface area (Å²) in [4.78, 5) is 2.40. The Bertz CT molecular complexity index is 535. The van der Waals surface area contributed by atoms with Gasteiger partial charge in [-0.05, 0) is 43.5 Å². The van der Waals surface area contributed by atoms with Crippen molar-refractivity contribution in [3.63, 3.8) is 0 Å². The number of rotatable bonds is 4. The lowest BCUT2D eigenvalue weighted by Gasteiger charge is -2.36. The zero-order chi connectivity index (χ0) is 13.9. The number of nitrogens with zero attached hydrogens (tertiary/aromatic N) is 2. The summed E-state index contributed by atoms with van der Waals surface area (Å²) in [7, 11) is 0. The largest absolute Gasteiger partial charge is 0.461 e. The van der Waals surface area contributed by atoms with Crippen LogP contribution in [0.4, 0.5) is 0 Å². The minimum absolute atomic E-state index is 0.584. The van der Waals surface area contributed by atoms with Gasteiger partial charge in [0.1, 0.15) is 0 Å². The van der Waals surface area contributed by atoms with Crippen LogP contribution in [0, 0.1) is 11.8 Å². The molecule has 0 amide bonds. The molecule has 2 unspecified atom stereocenters. The van der Waals surface area contributed by atoms with Gasteiger partial charge in [-0.15, -0.1) is 0 Å².